The van der Waals surface area contributed by atoms with Crippen molar-refractivity contribution in [3.63, 3.8) is 0 Å². The van der Waals surface area contributed by atoms with E-state index in [2.05, 4.69) is 10.2 Å². The molecule has 1 fully saturated rings. The number of carbonyl (C=O) groups excluding carboxylic acids is 2. The Bertz CT molecular complexity index is 709. The highest BCUT2D eigenvalue weighted by atomic mass is 16.3. The van der Waals surface area contributed by atoms with Crippen LogP contribution in [0.2, 0.25) is 0 Å². The van der Waals surface area contributed by atoms with Crippen LogP contribution in [0.25, 0.3) is 0 Å². The SMILES string of the molecule is CCN(CC)C(=O)[C@@H]1C[C@@H](NC(=O)c2cc(=O)cc(C)o2)CN1C(C)C. The summed E-state index contributed by atoms with van der Waals surface area (Å²) in [5, 5.41) is 2.91. The molecule has 0 bridgehead atoms. The number of hydrogen-bond donors (Lipinski definition) is 1. The van der Waals surface area contributed by atoms with Gasteiger partial charge in [-0.2, -0.15) is 0 Å². The zero-order valence-corrected chi connectivity index (χ0v) is 16.2. The van der Waals surface area contributed by atoms with Crippen molar-refractivity contribution in [3.05, 3.63) is 33.9 Å². The number of amides is 2. The Hall–Kier alpha value is -2.15. The number of aryl methyl sites for hydroxylation is 1. The summed E-state index contributed by atoms with van der Waals surface area (Å²) >= 11 is 0. The quantitative estimate of drug-likeness (QED) is 0.826. The number of rotatable bonds is 6. The van der Waals surface area contributed by atoms with Crippen LogP contribution in [0.4, 0.5) is 0 Å². The molecule has 144 valence electrons. The maximum atomic E-state index is 12.8. The van der Waals surface area contributed by atoms with Crippen molar-refractivity contribution in [3.8, 4) is 0 Å². The molecule has 2 rings (SSSR count). The molecule has 0 aliphatic carbocycles. The van der Waals surface area contributed by atoms with Gasteiger partial charge in [-0.3, -0.25) is 19.3 Å². The average molecular weight is 363 g/mol. The van der Waals surface area contributed by atoms with E-state index in [1.807, 2.05) is 32.6 Å². The molecule has 1 aromatic rings. The zero-order valence-electron chi connectivity index (χ0n) is 16.2. The molecular weight excluding hydrogens is 334 g/mol. The van der Waals surface area contributed by atoms with Crippen LogP contribution in [-0.2, 0) is 4.79 Å². The lowest BCUT2D eigenvalue weighted by atomic mass is 10.1. The van der Waals surface area contributed by atoms with Gasteiger partial charge < -0.3 is 14.6 Å². The summed E-state index contributed by atoms with van der Waals surface area (Å²) in [6.07, 6.45) is 0.551. The monoisotopic (exact) mass is 363 g/mol. The van der Waals surface area contributed by atoms with Crippen molar-refractivity contribution in [2.45, 2.75) is 59.2 Å². The minimum atomic E-state index is -0.421. The third kappa shape index (κ3) is 4.52. The van der Waals surface area contributed by atoms with Gasteiger partial charge in [0.15, 0.2) is 11.2 Å². The van der Waals surface area contributed by atoms with E-state index in [4.69, 9.17) is 4.42 Å². The summed E-state index contributed by atoms with van der Waals surface area (Å²) in [5.74, 6) is 0.0788. The molecule has 1 aromatic heterocycles. The predicted octanol–water partition coefficient (Wildman–Crippen LogP) is 1.40. The molecule has 0 radical (unpaired) electrons. The second kappa shape index (κ2) is 8.49. The summed E-state index contributed by atoms with van der Waals surface area (Å²) in [7, 11) is 0. The van der Waals surface area contributed by atoms with Gasteiger partial charge in [-0.15, -0.1) is 0 Å². The Kier molecular flexibility index (Phi) is 6.58. The van der Waals surface area contributed by atoms with E-state index >= 15 is 0 Å². The minimum Gasteiger partial charge on any atom is -0.456 e. The first-order valence-corrected chi connectivity index (χ1v) is 9.24. The van der Waals surface area contributed by atoms with Crippen molar-refractivity contribution >= 4 is 11.8 Å². The van der Waals surface area contributed by atoms with Gasteiger partial charge in [0.25, 0.3) is 5.91 Å². The van der Waals surface area contributed by atoms with Gasteiger partial charge in [0.2, 0.25) is 5.91 Å². The molecule has 1 aliphatic rings. The molecule has 2 amide bonds. The summed E-state index contributed by atoms with van der Waals surface area (Å²) in [4.78, 5) is 40.8. The zero-order chi connectivity index (χ0) is 19.4. The molecule has 7 heteroatoms. The van der Waals surface area contributed by atoms with E-state index in [1.165, 1.54) is 12.1 Å². The summed E-state index contributed by atoms with van der Waals surface area (Å²) in [6.45, 7) is 11.6. The van der Waals surface area contributed by atoms with Gasteiger partial charge in [-0.05, 0) is 41.0 Å². The lowest BCUT2D eigenvalue weighted by Crippen LogP contribution is -2.47. The number of likely N-dealkylation sites (N-methyl/N-ethyl adjacent to an activating group) is 1. The Labute approximate surface area is 154 Å². The molecule has 0 unspecified atom stereocenters. The Morgan fingerprint density at radius 3 is 2.50 bits per heavy atom. The number of hydrogen-bond acceptors (Lipinski definition) is 5. The van der Waals surface area contributed by atoms with Crippen LogP contribution in [0.5, 0.6) is 0 Å². The van der Waals surface area contributed by atoms with Crippen molar-refractivity contribution in [1.29, 1.82) is 0 Å². The highest BCUT2D eigenvalue weighted by molar-refractivity contribution is 5.91. The molecule has 26 heavy (non-hydrogen) atoms. The molecule has 0 aromatic carbocycles. The Morgan fingerprint density at radius 2 is 1.96 bits per heavy atom. The fourth-order valence-electron chi connectivity index (χ4n) is 3.50. The maximum absolute atomic E-state index is 12.8. The minimum absolute atomic E-state index is 0.00427. The Balaban J connectivity index is 2.12. The first-order valence-electron chi connectivity index (χ1n) is 9.24. The van der Waals surface area contributed by atoms with Gasteiger partial charge in [0.05, 0.1) is 6.04 Å². The lowest BCUT2D eigenvalue weighted by Gasteiger charge is -2.31. The summed E-state index contributed by atoms with van der Waals surface area (Å²) in [6, 6.07) is 2.31. The number of nitrogens with one attached hydrogen (secondary N) is 1. The first-order chi connectivity index (χ1) is 12.3. The second-order valence-corrected chi connectivity index (χ2v) is 6.99. The molecule has 0 saturated carbocycles. The lowest BCUT2D eigenvalue weighted by molar-refractivity contribution is -0.136. The van der Waals surface area contributed by atoms with E-state index in [9.17, 15) is 14.4 Å². The van der Waals surface area contributed by atoms with Crippen molar-refractivity contribution in [1.82, 2.24) is 15.1 Å². The van der Waals surface area contributed by atoms with Crippen molar-refractivity contribution in [2.75, 3.05) is 19.6 Å². The molecule has 1 aliphatic heterocycles. The normalized spacial score (nSPS) is 20.4. The highest BCUT2D eigenvalue weighted by Crippen LogP contribution is 2.23. The molecule has 2 heterocycles. The van der Waals surface area contributed by atoms with Crippen LogP contribution >= 0.6 is 0 Å². The first kappa shape index (κ1) is 20.2. The van der Waals surface area contributed by atoms with Crippen LogP contribution in [0.3, 0.4) is 0 Å². The average Bonchev–Trinajstić information content (AvgIpc) is 2.99. The van der Waals surface area contributed by atoms with Gasteiger partial charge in [-0.1, -0.05) is 0 Å². The predicted molar refractivity (Wildman–Crippen MR) is 99.1 cm³/mol. The van der Waals surface area contributed by atoms with Crippen LogP contribution in [-0.4, -0.2) is 59.4 Å². The molecule has 1 N–H and O–H groups in total. The topological polar surface area (TPSA) is 82.9 Å². The van der Waals surface area contributed by atoms with Gasteiger partial charge >= 0.3 is 0 Å². The summed E-state index contributed by atoms with van der Waals surface area (Å²) < 4.78 is 5.35. The highest BCUT2D eigenvalue weighted by Gasteiger charge is 2.40. The third-order valence-corrected chi connectivity index (χ3v) is 4.81. The summed E-state index contributed by atoms with van der Waals surface area (Å²) in [5.41, 5.74) is -0.260. The standard InChI is InChI=1S/C19H29N3O4/c1-6-21(7-2)19(25)16-9-14(11-22(16)12(3)4)20-18(24)17-10-15(23)8-13(5)26-17/h8,10,12,14,16H,6-7,9,11H2,1-5H3,(H,20,24)/t14-,16+/m1/s1. The van der Waals surface area contributed by atoms with E-state index in [-0.39, 0.29) is 35.2 Å². The van der Waals surface area contributed by atoms with Gasteiger partial charge in [0, 0.05) is 43.9 Å². The third-order valence-electron chi connectivity index (χ3n) is 4.81. The van der Waals surface area contributed by atoms with E-state index in [1.54, 1.807) is 6.92 Å². The number of likely N-dealkylation sites (tertiary alicyclic amines) is 1. The molecule has 0 spiro atoms. The van der Waals surface area contributed by atoms with Crippen molar-refractivity contribution < 1.29 is 14.0 Å². The molecule has 2 atom stereocenters. The van der Waals surface area contributed by atoms with Crippen LogP contribution in [0.1, 0.15) is 50.4 Å². The molecule has 7 nitrogen and oxygen atoms in total. The van der Waals surface area contributed by atoms with Gasteiger partial charge in [0.1, 0.15) is 5.76 Å². The number of carbonyl (C=O) groups is 2. The van der Waals surface area contributed by atoms with E-state index < -0.39 is 5.91 Å². The van der Waals surface area contributed by atoms with Crippen LogP contribution < -0.4 is 10.7 Å². The van der Waals surface area contributed by atoms with E-state index in [0.717, 1.165) is 0 Å². The number of nitrogens with zero attached hydrogens (tertiary/aromatic N) is 2. The Morgan fingerprint density at radius 1 is 1.31 bits per heavy atom. The van der Waals surface area contributed by atoms with Crippen LogP contribution in [0, 0.1) is 6.92 Å². The van der Waals surface area contributed by atoms with Crippen LogP contribution in [0.15, 0.2) is 21.3 Å². The van der Waals surface area contributed by atoms with Gasteiger partial charge in [-0.25, -0.2) is 0 Å². The molecule has 1 saturated heterocycles. The van der Waals surface area contributed by atoms with Crippen molar-refractivity contribution in [2.24, 2.45) is 0 Å². The molecular formula is C19H29N3O4. The fourth-order valence-corrected chi connectivity index (χ4v) is 3.50. The van der Waals surface area contributed by atoms with E-state index in [0.29, 0.717) is 31.8 Å². The smallest absolute Gasteiger partial charge is 0.287 e. The second-order valence-electron chi connectivity index (χ2n) is 6.99. The fraction of sp³-hybridized carbons (Fsp3) is 0.632. The largest absolute Gasteiger partial charge is 0.456 e. The maximum Gasteiger partial charge on any atom is 0.287 e.